The van der Waals surface area contributed by atoms with Gasteiger partial charge in [0.25, 0.3) is 5.91 Å². The molecule has 31 heavy (non-hydrogen) atoms. The Balaban J connectivity index is 1.86. The summed E-state index contributed by atoms with van der Waals surface area (Å²) < 4.78 is 83.1. The van der Waals surface area contributed by atoms with Gasteiger partial charge in [-0.1, -0.05) is 17.3 Å². The maximum atomic E-state index is 13.0. The van der Waals surface area contributed by atoms with Crippen LogP contribution < -0.4 is 5.32 Å². The fourth-order valence-electron chi connectivity index (χ4n) is 2.54. The second-order valence-electron chi connectivity index (χ2n) is 6.27. The molecule has 3 rings (SSSR count). The second kappa shape index (κ2) is 8.61. The molecular formula is C19H13F6N3O2S. The molecule has 12 heteroatoms. The summed E-state index contributed by atoms with van der Waals surface area (Å²) in [6.45, 7) is 1.63. The third-order valence-electron chi connectivity index (χ3n) is 3.90. The summed E-state index contributed by atoms with van der Waals surface area (Å²) in [6.07, 6.45) is -10.0. The number of nitrogens with one attached hydrogen (secondary N) is 1. The van der Waals surface area contributed by atoms with Crippen molar-refractivity contribution in [2.75, 3.05) is 5.32 Å². The number of nitrogens with zero attached hydrogens (tertiary/aromatic N) is 2. The Morgan fingerprint density at radius 3 is 2.19 bits per heavy atom. The first kappa shape index (κ1) is 22.7. The van der Waals surface area contributed by atoms with E-state index in [1.165, 1.54) is 12.1 Å². The maximum absolute atomic E-state index is 13.0. The van der Waals surface area contributed by atoms with Crippen LogP contribution in [0, 0.1) is 6.92 Å². The molecule has 1 aromatic heterocycles. The van der Waals surface area contributed by atoms with Crippen LogP contribution >= 0.6 is 11.8 Å². The first-order chi connectivity index (χ1) is 14.4. The number of carbonyl (C=O) groups is 1. The molecule has 1 heterocycles. The number of alkyl halides is 6. The summed E-state index contributed by atoms with van der Waals surface area (Å²) in [7, 11) is 0. The van der Waals surface area contributed by atoms with Crippen LogP contribution in [-0.4, -0.2) is 16.0 Å². The molecule has 0 spiro atoms. The van der Waals surface area contributed by atoms with Gasteiger partial charge in [0.05, 0.1) is 22.4 Å². The third kappa shape index (κ3) is 5.78. The average molecular weight is 461 g/mol. The number of halogens is 6. The van der Waals surface area contributed by atoms with Crippen molar-refractivity contribution in [2.24, 2.45) is 0 Å². The molecule has 0 saturated carbocycles. The van der Waals surface area contributed by atoms with Crippen LogP contribution in [0.1, 0.15) is 33.2 Å². The molecule has 0 atom stereocenters. The molecule has 1 amide bonds. The molecule has 0 unspecified atom stereocenters. The minimum absolute atomic E-state index is 0.00810. The fourth-order valence-corrected chi connectivity index (χ4v) is 3.43. The minimum atomic E-state index is -5.02. The smallest absolute Gasteiger partial charge is 0.338 e. The van der Waals surface area contributed by atoms with E-state index in [1.807, 2.05) is 0 Å². The van der Waals surface area contributed by atoms with Gasteiger partial charge in [-0.15, -0.1) is 11.8 Å². The standard InChI is InChI=1S/C19H13F6N3O2S/c1-10-26-16(30-28-10)9-31-15-5-3-2-4-14(15)17(29)27-13-7-11(18(20,21)22)6-12(8-13)19(23,24)25/h2-8H,9H2,1H3,(H,27,29). The quantitative estimate of drug-likeness (QED) is 0.375. The lowest BCUT2D eigenvalue weighted by atomic mass is 10.1. The molecule has 0 radical (unpaired) electrons. The molecule has 0 bridgehead atoms. The zero-order chi connectivity index (χ0) is 22.8. The normalized spacial score (nSPS) is 12.1. The first-order valence-electron chi connectivity index (χ1n) is 8.55. The van der Waals surface area contributed by atoms with Gasteiger partial charge in [0.2, 0.25) is 5.89 Å². The minimum Gasteiger partial charge on any atom is -0.338 e. The lowest BCUT2D eigenvalue weighted by Gasteiger charge is -2.15. The Hall–Kier alpha value is -3.02. The summed E-state index contributed by atoms with van der Waals surface area (Å²) in [5, 5.41) is 5.76. The molecule has 0 fully saturated rings. The van der Waals surface area contributed by atoms with Gasteiger partial charge in [-0.25, -0.2) is 0 Å². The number of anilines is 1. The number of amides is 1. The Bertz CT molecular complexity index is 1060. The van der Waals surface area contributed by atoms with Crippen LogP contribution in [0.5, 0.6) is 0 Å². The second-order valence-corrected chi connectivity index (χ2v) is 7.29. The Kier molecular flexibility index (Phi) is 6.30. The predicted molar refractivity (Wildman–Crippen MR) is 99.4 cm³/mol. The highest BCUT2D eigenvalue weighted by molar-refractivity contribution is 7.98. The van der Waals surface area contributed by atoms with E-state index >= 15 is 0 Å². The molecule has 164 valence electrons. The van der Waals surface area contributed by atoms with Gasteiger partial charge in [0.15, 0.2) is 5.82 Å². The van der Waals surface area contributed by atoms with Gasteiger partial charge in [-0.2, -0.15) is 31.3 Å². The number of rotatable bonds is 5. The molecule has 3 aromatic rings. The van der Waals surface area contributed by atoms with Crippen LogP contribution in [0.25, 0.3) is 0 Å². The predicted octanol–water partition coefficient (Wildman–Crippen LogP) is 5.96. The zero-order valence-electron chi connectivity index (χ0n) is 15.6. The zero-order valence-corrected chi connectivity index (χ0v) is 16.5. The third-order valence-corrected chi connectivity index (χ3v) is 4.96. The summed E-state index contributed by atoms with van der Waals surface area (Å²) in [6, 6.07) is 7.01. The van der Waals surface area contributed by atoms with Crippen LogP contribution in [0.15, 0.2) is 51.9 Å². The van der Waals surface area contributed by atoms with Gasteiger partial charge in [0.1, 0.15) is 0 Å². The van der Waals surface area contributed by atoms with Crippen molar-refractivity contribution in [1.29, 1.82) is 0 Å². The first-order valence-corrected chi connectivity index (χ1v) is 9.54. The van der Waals surface area contributed by atoms with Gasteiger partial charge in [0, 0.05) is 10.6 Å². The van der Waals surface area contributed by atoms with Gasteiger partial charge in [-0.3, -0.25) is 4.79 Å². The number of carbonyl (C=O) groups excluding carboxylic acids is 1. The lowest BCUT2D eigenvalue weighted by molar-refractivity contribution is -0.143. The van der Waals surface area contributed by atoms with Crippen LogP contribution in [0.2, 0.25) is 0 Å². The fraction of sp³-hybridized carbons (Fsp3) is 0.211. The summed E-state index contributed by atoms with van der Waals surface area (Å²) in [5.74, 6) is 0.0710. The van der Waals surface area contributed by atoms with E-state index in [9.17, 15) is 31.1 Å². The lowest BCUT2D eigenvalue weighted by Crippen LogP contribution is -2.16. The van der Waals surface area contributed by atoms with E-state index in [4.69, 9.17) is 4.52 Å². The summed E-state index contributed by atoms with van der Waals surface area (Å²) >= 11 is 1.15. The van der Waals surface area contributed by atoms with Crippen molar-refractivity contribution < 1.29 is 35.7 Å². The van der Waals surface area contributed by atoms with Crippen molar-refractivity contribution in [3.8, 4) is 0 Å². The SMILES string of the molecule is Cc1noc(CSc2ccccc2C(=O)Nc2cc(C(F)(F)F)cc(C(F)(F)F)c2)n1. The highest BCUT2D eigenvalue weighted by Crippen LogP contribution is 2.37. The van der Waals surface area contributed by atoms with Crippen LogP contribution in [0.3, 0.4) is 0 Å². The van der Waals surface area contributed by atoms with E-state index in [1.54, 1.807) is 19.1 Å². The highest BCUT2D eigenvalue weighted by Gasteiger charge is 2.37. The molecule has 0 aliphatic rings. The highest BCUT2D eigenvalue weighted by atomic mass is 32.2. The van der Waals surface area contributed by atoms with Crippen molar-refractivity contribution in [3.63, 3.8) is 0 Å². The molecule has 5 nitrogen and oxygen atoms in total. The van der Waals surface area contributed by atoms with Crippen molar-refractivity contribution in [3.05, 3.63) is 70.9 Å². The molecule has 0 saturated heterocycles. The van der Waals surface area contributed by atoms with E-state index < -0.39 is 35.1 Å². The van der Waals surface area contributed by atoms with Crippen molar-refractivity contribution in [1.82, 2.24) is 10.1 Å². The summed E-state index contributed by atoms with van der Waals surface area (Å²) in [5.41, 5.74) is -3.60. The topological polar surface area (TPSA) is 68.0 Å². The van der Waals surface area contributed by atoms with Crippen LogP contribution in [-0.2, 0) is 18.1 Å². The van der Waals surface area contributed by atoms with E-state index in [-0.39, 0.29) is 17.4 Å². The van der Waals surface area contributed by atoms with E-state index in [2.05, 4.69) is 15.5 Å². The summed E-state index contributed by atoms with van der Waals surface area (Å²) in [4.78, 5) is 17.1. The molecular weight excluding hydrogens is 448 g/mol. The maximum Gasteiger partial charge on any atom is 0.416 e. The molecule has 0 aliphatic carbocycles. The van der Waals surface area contributed by atoms with Crippen LogP contribution in [0.4, 0.5) is 32.0 Å². The van der Waals surface area contributed by atoms with E-state index in [0.717, 1.165) is 11.8 Å². The number of aromatic nitrogens is 2. The van der Waals surface area contributed by atoms with Gasteiger partial charge in [-0.05, 0) is 37.3 Å². The number of aryl methyl sites for hydroxylation is 1. The van der Waals surface area contributed by atoms with E-state index in [0.29, 0.717) is 28.7 Å². The Morgan fingerprint density at radius 2 is 1.65 bits per heavy atom. The number of thioether (sulfide) groups is 1. The largest absolute Gasteiger partial charge is 0.416 e. The molecule has 1 N–H and O–H groups in total. The van der Waals surface area contributed by atoms with Gasteiger partial charge < -0.3 is 9.84 Å². The number of benzene rings is 2. The number of hydrogen-bond acceptors (Lipinski definition) is 5. The monoisotopic (exact) mass is 461 g/mol. The number of hydrogen-bond donors (Lipinski definition) is 1. The molecule has 2 aromatic carbocycles. The van der Waals surface area contributed by atoms with Crippen molar-refractivity contribution in [2.45, 2.75) is 29.9 Å². The Morgan fingerprint density at radius 1 is 1.03 bits per heavy atom. The van der Waals surface area contributed by atoms with Crippen molar-refractivity contribution >= 4 is 23.4 Å². The Labute approximate surface area is 175 Å². The molecule has 0 aliphatic heterocycles. The average Bonchev–Trinajstić information content (AvgIpc) is 3.10. The van der Waals surface area contributed by atoms with Gasteiger partial charge >= 0.3 is 12.4 Å².